The standard InChI is InChI=1S/C27H27N3O3/c1-31-25-10-4-19(5-11-25)28-22-16-23(29-20-6-12-26(32-2)13-7-20)18-24(17-22)30-21-8-14-27(33-3)15-9-21/h4-18,28-30H,1-3H3. The molecule has 0 amide bonds. The maximum Gasteiger partial charge on any atom is 0.119 e. The Labute approximate surface area is 194 Å². The van der Waals surface area contributed by atoms with E-state index in [0.29, 0.717) is 0 Å². The van der Waals surface area contributed by atoms with Gasteiger partial charge in [-0.2, -0.15) is 0 Å². The molecule has 33 heavy (non-hydrogen) atoms. The zero-order valence-corrected chi connectivity index (χ0v) is 18.9. The molecule has 168 valence electrons. The summed E-state index contributed by atoms with van der Waals surface area (Å²) in [5, 5.41) is 10.4. The van der Waals surface area contributed by atoms with Crippen molar-refractivity contribution in [2.75, 3.05) is 37.3 Å². The van der Waals surface area contributed by atoms with Gasteiger partial charge in [-0.25, -0.2) is 0 Å². The summed E-state index contributed by atoms with van der Waals surface area (Å²) in [6.07, 6.45) is 0. The van der Waals surface area contributed by atoms with Gasteiger partial charge in [0.15, 0.2) is 0 Å². The highest BCUT2D eigenvalue weighted by Crippen LogP contribution is 2.31. The zero-order chi connectivity index (χ0) is 23.0. The molecule has 6 heteroatoms. The fraction of sp³-hybridized carbons (Fsp3) is 0.111. The molecular weight excluding hydrogens is 414 g/mol. The molecule has 4 rings (SSSR count). The Bertz CT molecular complexity index is 1010. The Balaban J connectivity index is 1.61. The predicted molar refractivity (Wildman–Crippen MR) is 135 cm³/mol. The van der Waals surface area contributed by atoms with Gasteiger partial charge in [0.25, 0.3) is 0 Å². The molecule has 0 saturated carbocycles. The van der Waals surface area contributed by atoms with Gasteiger partial charge in [-0.1, -0.05) is 0 Å². The smallest absolute Gasteiger partial charge is 0.119 e. The Morgan fingerprint density at radius 1 is 0.364 bits per heavy atom. The van der Waals surface area contributed by atoms with Crippen molar-refractivity contribution in [3.8, 4) is 17.2 Å². The summed E-state index contributed by atoms with van der Waals surface area (Å²) in [6.45, 7) is 0. The highest BCUT2D eigenvalue weighted by atomic mass is 16.5. The van der Waals surface area contributed by atoms with E-state index in [1.54, 1.807) is 21.3 Å². The van der Waals surface area contributed by atoms with Crippen LogP contribution in [0.1, 0.15) is 0 Å². The molecule has 0 saturated heterocycles. The van der Waals surface area contributed by atoms with Gasteiger partial charge in [-0.15, -0.1) is 0 Å². The van der Waals surface area contributed by atoms with Crippen LogP contribution in [0.15, 0.2) is 91.0 Å². The largest absolute Gasteiger partial charge is 0.497 e. The Hall–Kier alpha value is -4.32. The second-order valence-electron chi connectivity index (χ2n) is 7.36. The van der Waals surface area contributed by atoms with E-state index in [0.717, 1.165) is 51.4 Å². The molecule has 0 fully saturated rings. The van der Waals surface area contributed by atoms with Gasteiger partial charge >= 0.3 is 0 Å². The van der Waals surface area contributed by atoms with Crippen LogP contribution in [0.3, 0.4) is 0 Å². The van der Waals surface area contributed by atoms with Crippen molar-refractivity contribution in [3.05, 3.63) is 91.0 Å². The van der Waals surface area contributed by atoms with Gasteiger partial charge in [-0.3, -0.25) is 0 Å². The van der Waals surface area contributed by atoms with Crippen molar-refractivity contribution < 1.29 is 14.2 Å². The number of hydrogen-bond acceptors (Lipinski definition) is 6. The maximum absolute atomic E-state index is 5.26. The molecule has 0 aromatic heterocycles. The number of methoxy groups -OCH3 is 3. The van der Waals surface area contributed by atoms with E-state index in [1.165, 1.54) is 0 Å². The molecule has 0 heterocycles. The molecule has 0 spiro atoms. The molecule has 0 unspecified atom stereocenters. The SMILES string of the molecule is COc1ccc(Nc2cc(Nc3ccc(OC)cc3)cc(Nc3ccc(OC)cc3)c2)cc1. The third-order valence-corrected chi connectivity index (χ3v) is 5.07. The minimum absolute atomic E-state index is 0.817. The molecule has 0 radical (unpaired) electrons. The summed E-state index contributed by atoms with van der Waals surface area (Å²) in [6, 6.07) is 29.7. The molecular formula is C27H27N3O3. The van der Waals surface area contributed by atoms with E-state index in [2.05, 4.69) is 34.1 Å². The van der Waals surface area contributed by atoms with Crippen LogP contribution in [-0.4, -0.2) is 21.3 Å². The van der Waals surface area contributed by atoms with Gasteiger partial charge in [0, 0.05) is 34.1 Å². The lowest BCUT2D eigenvalue weighted by atomic mass is 10.2. The van der Waals surface area contributed by atoms with Gasteiger partial charge in [-0.05, 0) is 91.0 Å². The van der Waals surface area contributed by atoms with Crippen molar-refractivity contribution >= 4 is 34.1 Å². The zero-order valence-electron chi connectivity index (χ0n) is 18.9. The second-order valence-corrected chi connectivity index (χ2v) is 7.36. The van der Waals surface area contributed by atoms with E-state index in [-0.39, 0.29) is 0 Å². The first-order chi connectivity index (χ1) is 16.1. The number of hydrogen-bond donors (Lipinski definition) is 3. The predicted octanol–water partition coefficient (Wildman–Crippen LogP) is 6.94. The van der Waals surface area contributed by atoms with Crippen molar-refractivity contribution in [3.63, 3.8) is 0 Å². The van der Waals surface area contributed by atoms with Crippen LogP contribution in [0.2, 0.25) is 0 Å². The van der Waals surface area contributed by atoms with Crippen LogP contribution in [0.4, 0.5) is 34.1 Å². The molecule has 0 aliphatic rings. The van der Waals surface area contributed by atoms with Gasteiger partial charge in [0.05, 0.1) is 21.3 Å². The average molecular weight is 442 g/mol. The summed E-state index contributed by atoms with van der Waals surface area (Å²) in [7, 11) is 4.98. The molecule has 0 aliphatic heterocycles. The Morgan fingerprint density at radius 3 is 0.818 bits per heavy atom. The lowest BCUT2D eigenvalue weighted by Crippen LogP contribution is -1.98. The lowest BCUT2D eigenvalue weighted by molar-refractivity contribution is 0.415. The Morgan fingerprint density at radius 2 is 0.606 bits per heavy atom. The third kappa shape index (κ3) is 5.89. The molecule has 4 aromatic rings. The first kappa shape index (κ1) is 21.9. The number of ether oxygens (including phenoxy) is 3. The van der Waals surface area contributed by atoms with E-state index in [9.17, 15) is 0 Å². The molecule has 0 aliphatic carbocycles. The van der Waals surface area contributed by atoms with E-state index >= 15 is 0 Å². The summed E-state index contributed by atoms with van der Waals surface area (Å²) < 4.78 is 15.8. The van der Waals surface area contributed by atoms with Crippen molar-refractivity contribution in [2.24, 2.45) is 0 Å². The number of benzene rings is 4. The fourth-order valence-corrected chi connectivity index (χ4v) is 3.37. The monoisotopic (exact) mass is 441 g/mol. The average Bonchev–Trinajstić information content (AvgIpc) is 2.85. The molecule has 3 N–H and O–H groups in total. The molecule has 6 nitrogen and oxygen atoms in total. The fourth-order valence-electron chi connectivity index (χ4n) is 3.37. The Kier molecular flexibility index (Phi) is 6.85. The number of nitrogens with one attached hydrogen (secondary N) is 3. The number of rotatable bonds is 9. The minimum atomic E-state index is 0.817. The highest BCUT2D eigenvalue weighted by molar-refractivity contribution is 5.76. The van der Waals surface area contributed by atoms with Crippen LogP contribution in [0.5, 0.6) is 17.2 Å². The molecule has 4 aromatic carbocycles. The summed E-state index contributed by atoms with van der Waals surface area (Å²) >= 11 is 0. The first-order valence-electron chi connectivity index (χ1n) is 10.5. The summed E-state index contributed by atoms with van der Waals surface area (Å²) in [5.74, 6) is 2.45. The van der Waals surface area contributed by atoms with Crippen molar-refractivity contribution in [1.82, 2.24) is 0 Å². The first-order valence-corrected chi connectivity index (χ1v) is 10.5. The molecule has 0 atom stereocenters. The topological polar surface area (TPSA) is 63.8 Å². The van der Waals surface area contributed by atoms with Crippen LogP contribution >= 0.6 is 0 Å². The highest BCUT2D eigenvalue weighted by Gasteiger charge is 2.05. The van der Waals surface area contributed by atoms with Crippen molar-refractivity contribution in [1.29, 1.82) is 0 Å². The summed E-state index contributed by atoms with van der Waals surface area (Å²) in [4.78, 5) is 0. The van der Waals surface area contributed by atoms with Gasteiger partial charge in [0.2, 0.25) is 0 Å². The van der Waals surface area contributed by atoms with Gasteiger partial charge in [0.1, 0.15) is 17.2 Å². The lowest BCUT2D eigenvalue weighted by Gasteiger charge is -2.15. The van der Waals surface area contributed by atoms with Crippen LogP contribution < -0.4 is 30.2 Å². The van der Waals surface area contributed by atoms with Crippen LogP contribution in [0.25, 0.3) is 0 Å². The minimum Gasteiger partial charge on any atom is -0.497 e. The van der Waals surface area contributed by atoms with Crippen LogP contribution in [-0.2, 0) is 0 Å². The van der Waals surface area contributed by atoms with E-state index in [1.807, 2.05) is 72.8 Å². The van der Waals surface area contributed by atoms with E-state index < -0.39 is 0 Å². The second kappa shape index (κ2) is 10.3. The third-order valence-electron chi connectivity index (χ3n) is 5.07. The van der Waals surface area contributed by atoms with Gasteiger partial charge < -0.3 is 30.2 Å². The normalized spacial score (nSPS) is 10.3. The quantitative estimate of drug-likeness (QED) is 0.261. The van der Waals surface area contributed by atoms with Crippen LogP contribution in [0, 0.1) is 0 Å². The maximum atomic E-state index is 5.26. The van der Waals surface area contributed by atoms with Crippen molar-refractivity contribution in [2.45, 2.75) is 0 Å². The number of anilines is 6. The van der Waals surface area contributed by atoms with E-state index in [4.69, 9.17) is 14.2 Å². The summed E-state index contributed by atoms with van der Waals surface area (Å²) in [5.41, 5.74) is 5.72. The molecule has 0 bridgehead atoms.